The monoisotopic (exact) mass is 656 g/mol. The lowest BCUT2D eigenvalue weighted by Gasteiger charge is -2.30. The number of alkyl halides is 3. The third-order valence-electron chi connectivity index (χ3n) is 7.26. The van der Waals surface area contributed by atoms with E-state index in [1.807, 2.05) is 0 Å². The molecule has 0 spiro atoms. The summed E-state index contributed by atoms with van der Waals surface area (Å²) in [6, 6.07) is 15.8. The Labute approximate surface area is 259 Å². The molecule has 3 atom stereocenters. The number of benzene rings is 3. The maximum Gasteiger partial charge on any atom is 0.418 e. The number of aromatic amines is 1. The van der Waals surface area contributed by atoms with E-state index in [4.69, 9.17) is 4.74 Å². The summed E-state index contributed by atoms with van der Waals surface area (Å²) in [4.78, 5) is 66.9. The van der Waals surface area contributed by atoms with Gasteiger partial charge in [-0.05, 0) is 30.3 Å². The van der Waals surface area contributed by atoms with Crippen molar-refractivity contribution in [1.82, 2.24) is 4.98 Å². The zero-order valence-electron chi connectivity index (χ0n) is 22.6. The minimum atomic E-state index is -4.70. The summed E-state index contributed by atoms with van der Waals surface area (Å²) in [6.07, 6.45) is -4.70. The molecule has 0 aliphatic carbocycles. The molecule has 2 aliphatic rings. The summed E-state index contributed by atoms with van der Waals surface area (Å²) in [5.41, 5.74) is -1.18. The molecular weight excluding hydrogens is 637 g/mol. The highest BCUT2D eigenvalue weighted by Crippen LogP contribution is 2.54. The Kier molecular flexibility index (Phi) is 7.70. The predicted molar refractivity (Wildman–Crippen MR) is 158 cm³/mol. The van der Waals surface area contributed by atoms with Gasteiger partial charge >= 0.3 is 11.0 Å². The number of hydrogen-bond acceptors (Lipinski definition) is 9. The van der Waals surface area contributed by atoms with Crippen LogP contribution in [0, 0.1) is 16.0 Å². The van der Waals surface area contributed by atoms with E-state index in [0.29, 0.717) is 15.5 Å². The number of carbonyl (C=O) groups is 3. The summed E-state index contributed by atoms with van der Waals surface area (Å²) in [7, 11) is 0. The van der Waals surface area contributed by atoms with Gasteiger partial charge in [-0.2, -0.15) is 13.2 Å². The number of ether oxygens (including phenoxy) is 1. The van der Waals surface area contributed by atoms with Crippen LogP contribution in [0.25, 0.3) is 0 Å². The van der Waals surface area contributed by atoms with Crippen molar-refractivity contribution in [1.29, 1.82) is 0 Å². The van der Waals surface area contributed by atoms with Gasteiger partial charge in [0, 0.05) is 28.5 Å². The summed E-state index contributed by atoms with van der Waals surface area (Å²) < 4.78 is 46.0. The van der Waals surface area contributed by atoms with Gasteiger partial charge in [-0.1, -0.05) is 53.4 Å². The molecule has 2 N–H and O–H groups in total. The number of thiazole rings is 1. The number of fused-ring (bicyclic) bond motifs is 2. The van der Waals surface area contributed by atoms with Gasteiger partial charge in [0.1, 0.15) is 11.0 Å². The Bertz CT molecular complexity index is 1910. The number of imide groups is 1. The number of para-hydroxylation sites is 2. The number of nitro groups is 1. The number of amides is 3. The fourth-order valence-corrected chi connectivity index (χ4v) is 7.87. The van der Waals surface area contributed by atoms with Crippen LogP contribution in [-0.2, 0) is 20.6 Å². The van der Waals surface area contributed by atoms with E-state index in [2.05, 4.69) is 10.3 Å². The zero-order valence-corrected chi connectivity index (χ0v) is 24.2. The molecule has 0 radical (unpaired) electrons. The number of rotatable bonds is 7. The number of carbonyl (C=O) groups excluding carboxylic acids is 3. The molecule has 2 aliphatic heterocycles. The molecule has 0 bridgehead atoms. The van der Waals surface area contributed by atoms with E-state index in [1.165, 1.54) is 42.5 Å². The number of non-ortho nitro benzene ring substituents is 1. The van der Waals surface area contributed by atoms with Crippen LogP contribution in [-0.4, -0.2) is 39.5 Å². The van der Waals surface area contributed by atoms with Gasteiger partial charge in [-0.3, -0.25) is 29.3 Å². The van der Waals surface area contributed by atoms with Crippen LogP contribution in [0.1, 0.15) is 21.9 Å². The molecule has 0 saturated carbocycles. The largest absolute Gasteiger partial charge is 0.483 e. The number of anilines is 2. The predicted octanol–water partition coefficient (Wildman–Crippen LogP) is 5.18. The molecule has 6 rings (SSSR count). The molecule has 1 aromatic heterocycles. The Balaban J connectivity index is 1.31. The highest BCUT2D eigenvalue weighted by molar-refractivity contribution is 8.00. The molecule has 45 heavy (non-hydrogen) atoms. The molecule has 1 fully saturated rings. The van der Waals surface area contributed by atoms with E-state index in [0.717, 1.165) is 40.1 Å². The van der Waals surface area contributed by atoms with Gasteiger partial charge in [0.25, 0.3) is 11.6 Å². The van der Waals surface area contributed by atoms with Crippen molar-refractivity contribution in [2.24, 2.45) is 5.92 Å². The van der Waals surface area contributed by atoms with Gasteiger partial charge in [0.15, 0.2) is 6.61 Å². The van der Waals surface area contributed by atoms with Crippen LogP contribution in [0.15, 0.2) is 82.6 Å². The topological polar surface area (TPSA) is 152 Å². The van der Waals surface area contributed by atoms with Crippen LogP contribution in [0.4, 0.5) is 30.2 Å². The number of nitrogens with zero attached hydrogens (tertiary/aromatic N) is 2. The quantitative estimate of drug-likeness (QED) is 0.157. The second kappa shape index (κ2) is 11.5. The molecule has 3 aromatic carbocycles. The third-order valence-corrected chi connectivity index (χ3v) is 9.66. The molecule has 1 saturated heterocycles. The normalized spacial score (nSPS) is 19.2. The van der Waals surface area contributed by atoms with Crippen LogP contribution < -0.4 is 19.8 Å². The number of hydrogen-bond donors (Lipinski definition) is 2. The first-order valence-electron chi connectivity index (χ1n) is 13.1. The zero-order chi connectivity index (χ0) is 32.0. The third kappa shape index (κ3) is 5.57. The lowest BCUT2D eigenvalue weighted by atomic mass is 9.82. The second-order valence-electron chi connectivity index (χ2n) is 9.95. The maximum atomic E-state index is 13.9. The average Bonchev–Trinajstić information content (AvgIpc) is 3.50. The van der Waals surface area contributed by atoms with Crippen molar-refractivity contribution < 1.29 is 37.2 Å². The van der Waals surface area contributed by atoms with Crippen LogP contribution in [0.2, 0.25) is 0 Å². The summed E-state index contributed by atoms with van der Waals surface area (Å²) in [5, 5.41) is 12.7. The first-order valence-corrected chi connectivity index (χ1v) is 14.8. The lowest BCUT2D eigenvalue weighted by Crippen LogP contribution is -2.32. The van der Waals surface area contributed by atoms with E-state index < -0.39 is 68.6 Å². The Hall–Kier alpha value is -4.96. The SMILES string of the molecule is O=C(COc1ccccc1C1c2sc(=O)[nH]c2SC2C(=O)N(c3ccc([N+](=O)[O-])cc3)C(=O)C21)Nc1ccccc1C(F)(F)F. The molecule has 16 heteroatoms. The Morgan fingerprint density at radius 2 is 1.69 bits per heavy atom. The molecule has 4 aromatic rings. The average molecular weight is 657 g/mol. The smallest absolute Gasteiger partial charge is 0.418 e. The molecule has 230 valence electrons. The van der Waals surface area contributed by atoms with E-state index in [9.17, 15) is 42.5 Å². The number of thioether (sulfide) groups is 1. The van der Waals surface area contributed by atoms with E-state index in [1.54, 1.807) is 18.2 Å². The number of nitro benzene ring substituents is 1. The first-order chi connectivity index (χ1) is 21.4. The summed E-state index contributed by atoms with van der Waals surface area (Å²) in [5.74, 6) is -3.82. The standard InChI is InChI=1S/C29H19F3N4O7S2/c30-29(31,32)17-6-2-3-7-18(17)33-20(37)13-43-19-8-4-1-5-16(19)21-22-24(44-25-23(21)45-28(40)34-25)27(39)35(26(22)38)14-9-11-15(12-10-14)36(41)42/h1-12,21-22,24H,13H2,(H,33,37)(H,34,40). The van der Waals surface area contributed by atoms with Crippen LogP contribution in [0.3, 0.4) is 0 Å². The molecule has 3 heterocycles. The lowest BCUT2D eigenvalue weighted by molar-refractivity contribution is -0.384. The van der Waals surface area contributed by atoms with Gasteiger partial charge < -0.3 is 15.0 Å². The minimum absolute atomic E-state index is 0.119. The van der Waals surface area contributed by atoms with Crippen molar-refractivity contribution in [2.45, 2.75) is 22.4 Å². The van der Waals surface area contributed by atoms with Gasteiger partial charge in [0.05, 0.1) is 32.8 Å². The Morgan fingerprint density at radius 3 is 2.40 bits per heavy atom. The van der Waals surface area contributed by atoms with E-state index >= 15 is 0 Å². The second-order valence-corrected chi connectivity index (χ2v) is 12.1. The first kappa shape index (κ1) is 30.1. The molecule has 11 nitrogen and oxygen atoms in total. The maximum absolute atomic E-state index is 13.9. The van der Waals surface area contributed by atoms with Gasteiger partial charge in [-0.25, -0.2) is 4.90 Å². The number of aromatic nitrogens is 1. The highest BCUT2D eigenvalue weighted by atomic mass is 32.2. The van der Waals surface area contributed by atoms with Gasteiger partial charge in [-0.15, -0.1) is 0 Å². The molecule has 3 unspecified atom stereocenters. The molecule has 3 amide bonds. The molecular formula is C29H19F3N4O7S2. The van der Waals surface area contributed by atoms with Crippen molar-refractivity contribution in [3.05, 3.63) is 109 Å². The summed E-state index contributed by atoms with van der Waals surface area (Å²) >= 11 is 1.89. The van der Waals surface area contributed by atoms with Crippen molar-refractivity contribution in [2.75, 3.05) is 16.8 Å². The van der Waals surface area contributed by atoms with Crippen molar-refractivity contribution in [3.8, 4) is 5.75 Å². The minimum Gasteiger partial charge on any atom is -0.483 e. The number of nitrogens with one attached hydrogen (secondary N) is 2. The van der Waals surface area contributed by atoms with Crippen molar-refractivity contribution in [3.63, 3.8) is 0 Å². The van der Waals surface area contributed by atoms with E-state index in [-0.39, 0.29) is 17.1 Å². The fraction of sp³-hybridized carbons (Fsp3) is 0.172. The fourth-order valence-electron chi connectivity index (χ4n) is 5.37. The number of halogens is 3. The summed E-state index contributed by atoms with van der Waals surface area (Å²) in [6.45, 7) is -0.684. The number of H-pyrrole nitrogens is 1. The van der Waals surface area contributed by atoms with Crippen molar-refractivity contribution >= 4 is 57.9 Å². The highest BCUT2D eigenvalue weighted by Gasteiger charge is 2.56. The van der Waals surface area contributed by atoms with Crippen LogP contribution >= 0.6 is 23.1 Å². The van der Waals surface area contributed by atoms with Gasteiger partial charge in [0.2, 0.25) is 11.8 Å². The van der Waals surface area contributed by atoms with Crippen LogP contribution in [0.5, 0.6) is 5.75 Å². The Morgan fingerprint density at radius 1 is 1.00 bits per heavy atom.